The number of hydrogen-bond donors (Lipinski definition) is 2. The fourth-order valence-electron chi connectivity index (χ4n) is 2.99. The third-order valence-corrected chi connectivity index (χ3v) is 5.65. The number of alkyl carbamates (subject to hydrolysis) is 1. The molecule has 10 heteroatoms. The quantitative estimate of drug-likeness (QED) is 0.242. The van der Waals surface area contributed by atoms with Gasteiger partial charge in [-0.2, -0.15) is 0 Å². The van der Waals surface area contributed by atoms with Gasteiger partial charge >= 0.3 is 12.1 Å². The van der Waals surface area contributed by atoms with Crippen LogP contribution in [0.4, 0.5) is 4.79 Å². The van der Waals surface area contributed by atoms with Crippen LogP contribution in [0.15, 0.2) is 24.3 Å². The van der Waals surface area contributed by atoms with E-state index in [4.69, 9.17) is 9.84 Å². The van der Waals surface area contributed by atoms with Gasteiger partial charge in [-0.1, -0.05) is 12.1 Å². The van der Waals surface area contributed by atoms with E-state index in [9.17, 15) is 24.0 Å². The number of nitrogens with one attached hydrogen (secondary N) is 1. The van der Waals surface area contributed by atoms with Crippen molar-refractivity contribution < 1.29 is 38.6 Å². The van der Waals surface area contributed by atoms with Gasteiger partial charge in [0.2, 0.25) is 0 Å². The number of carbonyl (C=O) groups excluding carboxylic acids is 5. The minimum absolute atomic E-state index is 0.00870. The fourth-order valence-corrected chi connectivity index (χ4v) is 3.35. The van der Waals surface area contributed by atoms with Crippen molar-refractivity contribution in [2.24, 2.45) is 0 Å². The lowest BCUT2D eigenvalue weighted by Gasteiger charge is -2.19. The van der Waals surface area contributed by atoms with Crippen LogP contribution in [-0.4, -0.2) is 60.4 Å². The first-order chi connectivity index (χ1) is 15.7. The van der Waals surface area contributed by atoms with Gasteiger partial charge in [0.1, 0.15) is 12.4 Å². The summed E-state index contributed by atoms with van der Waals surface area (Å²) in [5.41, 5.74) is 1.13. The van der Waals surface area contributed by atoms with Crippen molar-refractivity contribution in [2.75, 3.05) is 13.7 Å². The minimum Gasteiger partial charge on any atom is -0.469 e. The van der Waals surface area contributed by atoms with Crippen LogP contribution in [0.1, 0.15) is 51.0 Å². The predicted molar refractivity (Wildman–Crippen MR) is 128 cm³/mol. The van der Waals surface area contributed by atoms with Gasteiger partial charge in [0.05, 0.1) is 13.2 Å². The summed E-state index contributed by atoms with van der Waals surface area (Å²) in [6, 6.07) is 7.01. The molecule has 0 bridgehead atoms. The average molecular weight is 571 g/mol. The molecule has 2 N–H and O–H groups in total. The van der Waals surface area contributed by atoms with Crippen molar-refractivity contribution in [3.63, 3.8) is 0 Å². The maximum absolute atomic E-state index is 12.2. The van der Waals surface area contributed by atoms with Gasteiger partial charge in [-0.05, 0) is 72.9 Å². The number of esters is 1. The third kappa shape index (κ3) is 11.9. The summed E-state index contributed by atoms with van der Waals surface area (Å²) in [5, 5.41) is 11.5. The molecule has 0 heterocycles. The van der Waals surface area contributed by atoms with Crippen molar-refractivity contribution in [2.45, 2.75) is 64.0 Å². The van der Waals surface area contributed by atoms with Gasteiger partial charge in [-0.3, -0.25) is 19.2 Å². The van der Waals surface area contributed by atoms with Crippen molar-refractivity contribution in [3.8, 4) is 0 Å². The molecule has 1 amide bonds. The lowest BCUT2D eigenvalue weighted by atomic mass is 10.0. The van der Waals surface area contributed by atoms with Gasteiger partial charge in [-0.25, -0.2) is 4.79 Å². The SMILES string of the molecule is COC(=O)CC[C@H](NC(=O)O[C@@H](CCC(=O)CCCc1ccc([123I])cc1)C(=O)CO)C(C)=O. The zero-order valence-corrected chi connectivity index (χ0v) is 21.0. The van der Waals surface area contributed by atoms with Gasteiger partial charge in [0.25, 0.3) is 0 Å². The molecule has 0 unspecified atom stereocenters. The molecule has 0 aliphatic heterocycles. The highest BCUT2D eigenvalue weighted by molar-refractivity contribution is 14.1. The Kier molecular flexibility index (Phi) is 13.5. The van der Waals surface area contributed by atoms with E-state index in [1.807, 2.05) is 24.3 Å². The van der Waals surface area contributed by atoms with Gasteiger partial charge in [-0.15, -0.1) is 0 Å². The Morgan fingerprint density at radius 3 is 2.27 bits per heavy atom. The zero-order chi connectivity index (χ0) is 24.8. The molecule has 1 aromatic rings. The van der Waals surface area contributed by atoms with Gasteiger partial charge < -0.3 is 19.9 Å². The molecule has 0 saturated carbocycles. The van der Waals surface area contributed by atoms with Crippen molar-refractivity contribution in [3.05, 3.63) is 33.4 Å². The summed E-state index contributed by atoms with van der Waals surface area (Å²) in [5.74, 6) is -1.76. The molecule has 0 spiro atoms. The second kappa shape index (κ2) is 15.5. The predicted octanol–water partition coefficient (Wildman–Crippen LogP) is 2.53. The molecule has 0 fully saturated rings. The van der Waals surface area contributed by atoms with Crippen LogP contribution in [-0.2, 0) is 35.1 Å². The smallest absolute Gasteiger partial charge is 0.408 e. The number of aryl methyl sites for hydroxylation is 1. The van der Waals surface area contributed by atoms with Gasteiger partial charge in [0, 0.05) is 22.8 Å². The molecule has 0 aromatic heterocycles. The molecule has 33 heavy (non-hydrogen) atoms. The Balaban J connectivity index is 2.52. The van der Waals surface area contributed by atoms with E-state index < -0.39 is 42.4 Å². The number of ketones is 3. The zero-order valence-electron chi connectivity index (χ0n) is 18.8. The van der Waals surface area contributed by atoms with Crippen LogP contribution in [0.2, 0.25) is 0 Å². The van der Waals surface area contributed by atoms with E-state index in [-0.39, 0.29) is 31.5 Å². The maximum atomic E-state index is 12.2. The molecular formula is C23H30INO8. The molecule has 0 radical (unpaired) electrons. The number of aliphatic hydroxyl groups excluding tert-OH is 1. The molecular weight excluding hydrogens is 541 g/mol. The number of rotatable bonds is 15. The van der Waals surface area contributed by atoms with E-state index in [0.29, 0.717) is 12.8 Å². The molecule has 0 saturated heterocycles. The molecule has 1 rings (SSSR count). The van der Waals surface area contributed by atoms with E-state index in [1.165, 1.54) is 14.0 Å². The molecule has 1 aromatic carbocycles. The molecule has 182 valence electrons. The van der Waals surface area contributed by atoms with E-state index >= 15 is 0 Å². The number of amides is 1. The van der Waals surface area contributed by atoms with Crippen LogP contribution in [0, 0.1) is 3.57 Å². The third-order valence-electron chi connectivity index (χ3n) is 4.93. The second-order valence-electron chi connectivity index (χ2n) is 7.50. The first kappa shape index (κ1) is 28.7. The number of carbonyl (C=O) groups is 5. The Hall–Kier alpha value is -2.34. The summed E-state index contributed by atoms with van der Waals surface area (Å²) in [4.78, 5) is 59.3. The van der Waals surface area contributed by atoms with Crippen LogP contribution in [0.5, 0.6) is 0 Å². The van der Waals surface area contributed by atoms with Crippen molar-refractivity contribution >= 4 is 52.0 Å². The number of halogens is 1. The average Bonchev–Trinajstić information content (AvgIpc) is 2.79. The molecule has 2 atom stereocenters. The van der Waals surface area contributed by atoms with E-state index in [2.05, 4.69) is 32.6 Å². The topological polar surface area (TPSA) is 136 Å². The highest BCUT2D eigenvalue weighted by Gasteiger charge is 2.26. The number of Topliss-reactive ketones (excluding diaryl/α,β-unsaturated/α-hetero) is 3. The normalized spacial score (nSPS) is 12.4. The highest BCUT2D eigenvalue weighted by atomic mass is 123. The molecule has 0 aliphatic carbocycles. The summed E-state index contributed by atoms with van der Waals surface area (Å²) in [6.07, 6.45) is -0.777. The second-order valence-corrected chi connectivity index (χ2v) is 8.74. The lowest BCUT2D eigenvalue weighted by molar-refractivity contribution is -0.140. The molecule has 9 nitrogen and oxygen atoms in total. The molecule has 0 aliphatic rings. The summed E-state index contributed by atoms with van der Waals surface area (Å²) in [6.45, 7) is 0.394. The van der Waals surface area contributed by atoms with Crippen LogP contribution < -0.4 is 5.32 Å². The number of hydrogen-bond acceptors (Lipinski definition) is 8. The van der Waals surface area contributed by atoms with Crippen LogP contribution in [0.3, 0.4) is 0 Å². The Morgan fingerprint density at radius 1 is 1.03 bits per heavy atom. The van der Waals surface area contributed by atoms with E-state index in [1.54, 1.807) is 0 Å². The van der Waals surface area contributed by atoms with Crippen LogP contribution in [0.25, 0.3) is 0 Å². The summed E-state index contributed by atoms with van der Waals surface area (Å²) < 4.78 is 10.7. The highest BCUT2D eigenvalue weighted by Crippen LogP contribution is 2.12. The van der Waals surface area contributed by atoms with Crippen molar-refractivity contribution in [1.82, 2.24) is 5.32 Å². The number of methoxy groups -OCH3 is 1. The van der Waals surface area contributed by atoms with E-state index in [0.717, 1.165) is 15.6 Å². The fraction of sp³-hybridized carbons (Fsp3) is 0.522. The Morgan fingerprint density at radius 2 is 1.70 bits per heavy atom. The maximum Gasteiger partial charge on any atom is 0.408 e. The largest absolute Gasteiger partial charge is 0.469 e. The number of benzene rings is 1. The van der Waals surface area contributed by atoms with Gasteiger partial charge in [0.15, 0.2) is 17.7 Å². The number of aliphatic hydroxyl groups is 1. The standard InChI is InChI=1S/C23H30INO8/c1-15(27)19(11-13-22(30)32-2)25-23(31)33-21(20(29)14-26)12-10-18(28)5-3-4-16-6-8-17(24)9-7-16/h6-9,19,21,26H,3-5,10-14H2,1-2H3,(H,25,31)/t19-,21-/m0/s1/i24-4. The lowest BCUT2D eigenvalue weighted by Crippen LogP contribution is -2.43. The first-order valence-electron chi connectivity index (χ1n) is 10.6. The minimum atomic E-state index is -1.32. The number of ether oxygens (including phenoxy) is 2. The Labute approximate surface area is 206 Å². The monoisotopic (exact) mass is 571 g/mol. The van der Waals surface area contributed by atoms with Crippen LogP contribution >= 0.6 is 22.6 Å². The summed E-state index contributed by atoms with van der Waals surface area (Å²) >= 11 is 2.22. The summed E-state index contributed by atoms with van der Waals surface area (Å²) in [7, 11) is 1.21. The Bertz CT molecular complexity index is 824. The van der Waals surface area contributed by atoms with Crippen molar-refractivity contribution in [1.29, 1.82) is 0 Å². The first-order valence-corrected chi connectivity index (χ1v) is 11.7.